The van der Waals surface area contributed by atoms with Crippen molar-refractivity contribution in [3.63, 3.8) is 0 Å². The fourth-order valence-electron chi connectivity index (χ4n) is 4.97. The smallest absolute Gasteiger partial charge is 0.361 e. The Balaban J connectivity index is 1.77. The number of carbonyl (C=O) groups is 2. The molecule has 2 aliphatic rings. The Morgan fingerprint density at radius 2 is 1.62 bits per heavy atom. The van der Waals surface area contributed by atoms with Gasteiger partial charge in [0.1, 0.15) is 6.54 Å². The van der Waals surface area contributed by atoms with Crippen molar-refractivity contribution in [2.45, 2.75) is 13.0 Å². The molecule has 0 unspecified atom stereocenters. The second-order valence-corrected chi connectivity index (χ2v) is 9.04. The van der Waals surface area contributed by atoms with Gasteiger partial charge in [-0.15, -0.1) is 0 Å². The molecule has 2 aliphatic heterocycles. The number of methoxy groups -OCH3 is 5. The van der Waals surface area contributed by atoms with E-state index in [9.17, 15) is 9.59 Å². The summed E-state index contributed by atoms with van der Waals surface area (Å²) in [6.07, 6.45) is 3.69. The Morgan fingerprint density at radius 3 is 2.27 bits per heavy atom. The van der Waals surface area contributed by atoms with Crippen LogP contribution in [-0.4, -0.2) is 78.7 Å². The van der Waals surface area contributed by atoms with Crippen LogP contribution in [0, 0.1) is 0 Å². The molecular weight excluding hydrogens is 482 g/mol. The van der Waals surface area contributed by atoms with Crippen molar-refractivity contribution in [2.75, 3.05) is 62.5 Å². The van der Waals surface area contributed by atoms with Gasteiger partial charge in [-0.25, -0.2) is 4.79 Å². The van der Waals surface area contributed by atoms with Crippen LogP contribution in [-0.2, 0) is 22.5 Å². The van der Waals surface area contributed by atoms with Crippen molar-refractivity contribution in [2.24, 2.45) is 0 Å². The van der Waals surface area contributed by atoms with E-state index in [0.29, 0.717) is 69.6 Å². The molecule has 0 aliphatic carbocycles. The number of hydrogen-bond donors (Lipinski definition) is 0. The van der Waals surface area contributed by atoms with Gasteiger partial charge >= 0.3 is 5.97 Å². The summed E-state index contributed by atoms with van der Waals surface area (Å²) < 4.78 is 38.9. The van der Waals surface area contributed by atoms with Crippen LogP contribution in [0.1, 0.15) is 27.0 Å². The molecule has 2 aromatic rings. The molecule has 2 aromatic carbocycles. The van der Waals surface area contributed by atoms with E-state index in [-0.39, 0.29) is 25.1 Å². The van der Waals surface area contributed by atoms with Crippen molar-refractivity contribution in [1.82, 2.24) is 0 Å². The molecule has 0 spiro atoms. The molecule has 0 bridgehead atoms. The minimum atomic E-state index is -0.297. The maximum absolute atomic E-state index is 13.7. The van der Waals surface area contributed by atoms with E-state index in [1.54, 1.807) is 32.4 Å². The number of ketones is 1. The normalized spacial score (nSPS) is 17.8. The summed E-state index contributed by atoms with van der Waals surface area (Å²) in [5.74, 6) is 2.14. The zero-order chi connectivity index (χ0) is 26.7. The highest BCUT2D eigenvalue weighted by Crippen LogP contribution is 2.50. The molecule has 1 atom stereocenters. The van der Waals surface area contributed by atoms with E-state index in [1.807, 2.05) is 7.05 Å². The first-order valence-corrected chi connectivity index (χ1v) is 11.7. The van der Waals surface area contributed by atoms with Crippen LogP contribution < -0.4 is 28.4 Å². The third kappa shape index (κ3) is 4.76. The van der Waals surface area contributed by atoms with E-state index in [2.05, 4.69) is 0 Å². The molecule has 0 amide bonds. The van der Waals surface area contributed by atoms with E-state index < -0.39 is 0 Å². The number of rotatable bonds is 9. The largest absolute Gasteiger partial charge is 0.493 e. The van der Waals surface area contributed by atoms with Crippen molar-refractivity contribution >= 4 is 17.8 Å². The second kappa shape index (κ2) is 10.6. The lowest BCUT2D eigenvalue weighted by Gasteiger charge is -2.38. The molecule has 0 radical (unpaired) electrons. The molecule has 0 saturated heterocycles. The zero-order valence-corrected chi connectivity index (χ0v) is 22.0. The summed E-state index contributed by atoms with van der Waals surface area (Å²) in [5.41, 5.74) is 2.73. The summed E-state index contributed by atoms with van der Waals surface area (Å²) in [6.45, 7) is 1.29. The maximum Gasteiger partial charge on any atom is 0.361 e. The highest BCUT2D eigenvalue weighted by Gasteiger charge is 2.40. The Morgan fingerprint density at radius 1 is 0.919 bits per heavy atom. The monoisotopic (exact) mass is 514 g/mol. The number of quaternary nitrogens is 1. The number of fused-ring (bicyclic) bond motifs is 2. The van der Waals surface area contributed by atoms with Crippen molar-refractivity contribution < 1.29 is 47.2 Å². The van der Waals surface area contributed by atoms with Gasteiger partial charge in [0, 0.05) is 12.0 Å². The van der Waals surface area contributed by atoms with E-state index in [0.717, 1.165) is 11.1 Å². The van der Waals surface area contributed by atoms with E-state index in [1.165, 1.54) is 27.4 Å². The summed E-state index contributed by atoms with van der Waals surface area (Å²) in [6, 6.07) is 3.53. The molecule has 2 heterocycles. The average Bonchev–Trinajstić information content (AvgIpc) is 3.38. The highest BCUT2D eigenvalue weighted by atomic mass is 16.7. The fraction of sp³-hybridized carbons (Fsp3) is 0.407. The standard InChI is InChI=1S/C27H32NO9/c1-28(14-21(30)32-3)12-11-17-18(13-28)24(34-5)27-26(36-15-37-27)22(17)19(29)9-7-16-8-10-20(31-2)25(35-6)23(16)33-4/h7-10H,11-15H2,1-6H3/q+1/b9-7+/t28-/m0/s1. The molecule has 37 heavy (non-hydrogen) atoms. The van der Waals surface area contributed by atoms with Gasteiger partial charge in [0.25, 0.3) is 0 Å². The summed E-state index contributed by atoms with van der Waals surface area (Å²) in [5, 5.41) is 0. The Bertz CT molecular complexity index is 1250. The van der Waals surface area contributed by atoms with Crippen LogP contribution in [0.15, 0.2) is 18.2 Å². The minimum Gasteiger partial charge on any atom is -0.493 e. The van der Waals surface area contributed by atoms with E-state index >= 15 is 0 Å². The van der Waals surface area contributed by atoms with Gasteiger partial charge in [-0.2, -0.15) is 0 Å². The number of esters is 1. The lowest BCUT2D eigenvalue weighted by molar-refractivity contribution is -0.917. The Labute approximate surface area is 215 Å². The lowest BCUT2D eigenvalue weighted by Crippen LogP contribution is -2.51. The maximum atomic E-state index is 13.7. The molecule has 0 N–H and O–H groups in total. The fourth-order valence-corrected chi connectivity index (χ4v) is 4.97. The average molecular weight is 515 g/mol. The van der Waals surface area contributed by atoms with Gasteiger partial charge in [-0.05, 0) is 29.8 Å². The predicted octanol–water partition coefficient (Wildman–Crippen LogP) is 3.02. The number of nitrogens with zero attached hydrogens (tertiary/aromatic N) is 1. The van der Waals surface area contributed by atoms with Crippen LogP contribution in [0.3, 0.4) is 0 Å². The third-order valence-electron chi connectivity index (χ3n) is 6.77. The Kier molecular flexibility index (Phi) is 7.49. The first kappa shape index (κ1) is 26.2. The summed E-state index contributed by atoms with van der Waals surface area (Å²) in [7, 11) is 9.51. The SMILES string of the molecule is COC(=O)C[N@@+]1(C)CCc2c(c(OC)c3c(c2C(=O)/C=C/c2ccc(OC)c(OC)c2OC)OCO3)C1. The minimum absolute atomic E-state index is 0.0175. The van der Waals surface area contributed by atoms with Gasteiger partial charge < -0.3 is 37.6 Å². The Hall–Kier alpha value is -3.92. The van der Waals surface area contributed by atoms with Gasteiger partial charge in [-0.3, -0.25) is 4.79 Å². The molecule has 10 nitrogen and oxygen atoms in total. The zero-order valence-electron chi connectivity index (χ0n) is 22.0. The molecule has 10 heteroatoms. The van der Waals surface area contributed by atoms with Crippen molar-refractivity contribution in [3.05, 3.63) is 40.5 Å². The van der Waals surface area contributed by atoms with Gasteiger partial charge in [-0.1, -0.05) is 0 Å². The van der Waals surface area contributed by atoms with Crippen LogP contribution in [0.25, 0.3) is 6.08 Å². The van der Waals surface area contributed by atoms with Crippen molar-refractivity contribution in [3.8, 4) is 34.5 Å². The van der Waals surface area contributed by atoms with Gasteiger partial charge in [0.2, 0.25) is 18.3 Å². The number of hydrogen-bond acceptors (Lipinski definition) is 9. The lowest BCUT2D eigenvalue weighted by atomic mass is 9.88. The number of ether oxygens (including phenoxy) is 7. The van der Waals surface area contributed by atoms with Crippen LogP contribution >= 0.6 is 0 Å². The molecule has 198 valence electrons. The third-order valence-corrected chi connectivity index (χ3v) is 6.77. The topological polar surface area (TPSA) is 98.8 Å². The highest BCUT2D eigenvalue weighted by molar-refractivity contribution is 6.11. The molecule has 0 saturated carbocycles. The van der Waals surface area contributed by atoms with Crippen LogP contribution in [0.5, 0.6) is 34.5 Å². The van der Waals surface area contributed by atoms with Crippen molar-refractivity contribution in [1.29, 1.82) is 0 Å². The number of likely N-dealkylation sites (N-methyl/N-ethyl adjacent to an activating group) is 1. The summed E-state index contributed by atoms with van der Waals surface area (Å²) in [4.78, 5) is 25.7. The quantitative estimate of drug-likeness (QED) is 0.216. The number of carbonyl (C=O) groups excluding carboxylic acids is 2. The molecule has 0 aromatic heterocycles. The predicted molar refractivity (Wildman–Crippen MR) is 134 cm³/mol. The molecule has 0 fully saturated rings. The number of allylic oxidation sites excluding steroid dienone is 1. The first-order valence-electron chi connectivity index (χ1n) is 11.7. The van der Waals surface area contributed by atoms with Crippen LogP contribution in [0.2, 0.25) is 0 Å². The van der Waals surface area contributed by atoms with E-state index in [4.69, 9.17) is 33.2 Å². The first-order chi connectivity index (χ1) is 17.8. The number of benzene rings is 2. The van der Waals surface area contributed by atoms with Gasteiger partial charge in [0.05, 0.1) is 60.3 Å². The van der Waals surface area contributed by atoms with Crippen LogP contribution in [0.4, 0.5) is 0 Å². The molecule has 4 rings (SSSR count). The second-order valence-electron chi connectivity index (χ2n) is 9.04. The van der Waals surface area contributed by atoms with Gasteiger partial charge in [0.15, 0.2) is 35.3 Å². The molecular formula is C27H32NO9+. The summed E-state index contributed by atoms with van der Waals surface area (Å²) >= 11 is 0.